The van der Waals surface area contributed by atoms with Gasteiger partial charge in [-0.05, 0) is 49.3 Å². The molecule has 2 fully saturated rings. The third-order valence-corrected chi connectivity index (χ3v) is 5.23. The molecule has 1 aliphatic carbocycles. The monoisotopic (exact) mass is 313 g/mol. The summed E-state index contributed by atoms with van der Waals surface area (Å²) in [5, 5.41) is 4.61. The van der Waals surface area contributed by atoms with Gasteiger partial charge in [0.2, 0.25) is 0 Å². The summed E-state index contributed by atoms with van der Waals surface area (Å²) in [6.45, 7) is 0. The van der Waals surface area contributed by atoms with Crippen LogP contribution in [0.2, 0.25) is 5.02 Å². The zero-order chi connectivity index (χ0) is 11.8. The summed E-state index contributed by atoms with van der Waals surface area (Å²) in [5.74, 6) is 0.841. The minimum absolute atomic E-state index is 0.528. The molecule has 4 atom stereocenters. The molecule has 1 aromatic carbocycles. The molecule has 1 N–H and O–H groups in total. The Morgan fingerprint density at radius 3 is 2.65 bits per heavy atom. The molecule has 1 heterocycles. The number of hydrogen-bond acceptors (Lipinski definition) is 1. The SMILES string of the molecule is Clc1ccc(C2CC3CC(Br)CCC3N2)cc1. The highest BCUT2D eigenvalue weighted by Crippen LogP contribution is 2.41. The van der Waals surface area contributed by atoms with E-state index in [2.05, 4.69) is 33.4 Å². The summed E-state index contributed by atoms with van der Waals surface area (Å²) in [5.41, 5.74) is 1.38. The number of benzene rings is 1. The van der Waals surface area contributed by atoms with Crippen LogP contribution in [0.1, 0.15) is 37.3 Å². The van der Waals surface area contributed by atoms with Crippen LogP contribution in [-0.2, 0) is 0 Å². The van der Waals surface area contributed by atoms with Gasteiger partial charge in [-0.15, -0.1) is 0 Å². The smallest absolute Gasteiger partial charge is 0.0406 e. The lowest BCUT2D eigenvalue weighted by Crippen LogP contribution is -2.33. The second-order valence-electron chi connectivity index (χ2n) is 5.28. The fourth-order valence-electron chi connectivity index (χ4n) is 3.24. The molecular formula is C14H17BrClN. The molecule has 1 nitrogen and oxygen atoms in total. The van der Waals surface area contributed by atoms with Gasteiger partial charge in [0.05, 0.1) is 0 Å². The highest BCUT2D eigenvalue weighted by atomic mass is 79.9. The minimum atomic E-state index is 0.528. The maximum absolute atomic E-state index is 5.93. The van der Waals surface area contributed by atoms with E-state index in [0.717, 1.165) is 21.8 Å². The summed E-state index contributed by atoms with van der Waals surface area (Å²) < 4.78 is 0. The highest BCUT2D eigenvalue weighted by Gasteiger charge is 2.37. The Balaban J connectivity index is 1.73. The molecule has 3 heteroatoms. The van der Waals surface area contributed by atoms with E-state index in [9.17, 15) is 0 Å². The van der Waals surface area contributed by atoms with Crippen LogP contribution < -0.4 is 5.32 Å². The molecule has 1 saturated carbocycles. The number of halogens is 2. The quantitative estimate of drug-likeness (QED) is 0.762. The van der Waals surface area contributed by atoms with E-state index >= 15 is 0 Å². The molecule has 1 saturated heterocycles. The Labute approximate surface area is 116 Å². The fourth-order valence-corrected chi connectivity index (χ4v) is 4.11. The average molecular weight is 315 g/mol. The first-order valence-electron chi connectivity index (χ1n) is 6.38. The van der Waals surface area contributed by atoms with E-state index < -0.39 is 0 Å². The normalized spacial score (nSPS) is 36.8. The molecule has 0 amide bonds. The largest absolute Gasteiger partial charge is 0.307 e. The Hall–Kier alpha value is -0.0500. The number of nitrogens with one attached hydrogen (secondary N) is 1. The van der Waals surface area contributed by atoms with E-state index in [1.54, 1.807) is 0 Å². The summed E-state index contributed by atoms with van der Waals surface area (Å²) in [7, 11) is 0. The molecule has 1 aromatic rings. The van der Waals surface area contributed by atoms with Gasteiger partial charge in [-0.2, -0.15) is 0 Å². The highest BCUT2D eigenvalue weighted by molar-refractivity contribution is 9.09. The van der Waals surface area contributed by atoms with Crippen molar-refractivity contribution in [2.75, 3.05) is 0 Å². The number of rotatable bonds is 1. The second kappa shape index (κ2) is 4.91. The van der Waals surface area contributed by atoms with Crippen LogP contribution in [0.25, 0.3) is 0 Å². The van der Waals surface area contributed by atoms with E-state index in [0.29, 0.717) is 6.04 Å². The molecule has 17 heavy (non-hydrogen) atoms. The zero-order valence-corrected chi connectivity index (χ0v) is 12.0. The first kappa shape index (κ1) is 12.0. The van der Waals surface area contributed by atoms with Crippen LogP contribution in [0.15, 0.2) is 24.3 Å². The molecule has 0 aromatic heterocycles. The van der Waals surface area contributed by atoms with Gasteiger partial charge in [0, 0.05) is 21.9 Å². The van der Waals surface area contributed by atoms with Gasteiger partial charge in [-0.1, -0.05) is 39.7 Å². The first-order chi connectivity index (χ1) is 8.22. The van der Waals surface area contributed by atoms with Crippen LogP contribution in [-0.4, -0.2) is 10.9 Å². The lowest BCUT2D eigenvalue weighted by molar-refractivity contribution is 0.335. The summed E-state index contributed by atoms with van der Waals surface area (Å²) in [6, 6.07) is 9.55. The van der Waals surface area contributed by atoms with Crippen LogP contribution in [0.4, 0.5) is 0 Å². The van der Waals surface area contributed by atoms with E-state index in [1.165, 1.54) is 31.2 Å². The summed E-state index contributed by atoms with van der Waals surface area (Å²) >= 11 is 9.70. The van der Waals surface area contributed by atoms with Crippen molar-refractivity contribution in [2.45, 2.75) is 42.6 Å². The molecule has 0 radical (unpaired) electrons. The molecule has 0 bridgehead atoms. The van der Waals surface area contributed by atoms with Crippen molar-refractivity contribution in [3.63, 3.8) is 0 Å². The van der Waals surface area contributed by atoms with Gasteiger partial charge in [0.15, 0.2) is 0 Å². The van der Waals surface area contributed by atoms with E-state index in [4.69, 9.17) is 11.6 Å². The summed E-state index contributed by atoms with van der Waals surface area (Å²) in [6.07, 6.45) is 5.21. The van der Waals surface area contributed by atoms with Gasteiger partial charge in [0.25, 0.3) is 0 Å². The third-order valence-electron chi connectivity index (χ3n) is 4.14. The lowest BCUT2D eigenvalue weighted by Gasteiger charge is -2.28. The molecule has 92 valence electrons. The Morgan fingerprint density at radius 2 is 1.88 bits per heavy atom. The van der Waals surface area contributed by atoms with Crippen molar-refractivity contribution >= 4 is 27.5 Å². The number of fused-ring (bicyclic) bond motifs is 1. The molecule has 4 unspecified atom stereocenters. The molecule has 2 aliphatic rings. The van der Waals surface area contributed by atoms with Gasteiger partial charge in [0.1, 0.15) is 0 Å². The van der Waals surface area contributed by atoms with Crippen molar-refractivity contribution in [2.24, 2.45) is 5.92 Å². The molecule has 1 aliphatic heterocycles. The predicted octanol–water partition coefficient (Wildman–Crippen LogP) is 4.31. The van der Waals surface area contributed by atoms with E-state index in [-0.39, 0.29) is 0 Å². The van der Waals surface area contributed by atoms with Gasteiger partial charge >= 0.3 is 0 Å². The predicted molar refractivity (Wildman–Crippen MR) is 75.8 cm³/mol. The van der Waals surface area contributed by atoms with Crippen LogP contribution in [0.3, 0.4) is 0 Å². The van der Waals surface area contributed by atoms with Gasteiger partial charge < -0.3 is 5.32 Å². The minimum Gasteiger partial charge on any atom is -0.307 e. The maximum Gasteiger partial charge on any atom is 0.0406 e. The Bertz CT molecular complexity index is 392. The van der Waals surface area contributed by atoms with Crippen LogP contribution in [0, 0.1) is 5.92 Å². The van der Waals surface area contributed by atoms with Crippen molar-refractivity contribution in [3.8, 4) is 0 Å². The lowest BCUT2D eigenvalue weighted by atomic mass is 9.84. The first-order valence-corrected chi connectivity index (χ1v) is 7.67. The van der Waals surface area contributed by atoms with Crippen LogP contribution >= 0.6 is 27.5 Å². The Morgan fingerprint density at radius 1 is 1.12 bits per heavy atom. The average Bonchev–Trinajstić information content (AvgIpc) is 2.72. The van der Waals surface area contributed by atoms with Crippen molar-refractivity contribution < 1.29 is 0 Å². The molecule has 3 rings (SSSR count). The van der Waals surface area contributed by atoms with Gasteiger partial charge in [-0.25, -0.2) is 0 Å². The van der Waals surface area contributed by atoms with E-state index in [1.807, 2.05) is 12.1 Å². The molecular weight excluding hydrogens is 298 g/mol. The Kier molecular flexibility index (Phi) is 3.47. The summed E-state index contributed by atoms with van der Waals surface area (Å²) in [4.78, 5) is 0.731. The second-order valence-corrected chi connectivity index (χ2v) is 7.01. The standard InChI is InChI=1S/C14H17BrClN/c15-11-3-6-13-10(7-11)8-14(17-13)9-1-4-12(16)5-2-9/h1-2,4-5,10-11,13-14,17H,3,6-8H2. The fraction of sp³-hybridized carbons (Fsp3) is 0.571. The van der Waals surface area contributed by atoms with Crippen LogP contribution in [0.5, 0.6) is 0 Å². The van der Waals surface area contributed by atoms with Crippen molar-refractivity contribution in [1.82, 2.24) is 5.32 Å². The zero-order valence-electron chi connectivity index (χ0n) is 9.70. The third kappa shape index (κ3) is 2.54. The maximum atomic E-state index is 5.93. The van der Waals surface area contributed by atoms with Gasteiger partial charge in [-0.3, -0.25) is 0 Å². The number of hydrogen-bond donors (Lipinski definition) is 1. The topological polar surface area (TPSA) is 12.0 Å². The number of alkyl halides is 1. The molecule has 0 spiro atoms. The van der Waals surface area contributed by atoms with Crippen molar-refractivity contribution in [1.29, 1.82) is 0 Å². The van der Waals surface area contributed by atoms with Crippen molar-refractivity contribution in [3.05, 3.63) is 34.9 Å².